The summed E-state index contributed by atoms with van der Waals surface area (Å²) in [5, 5.41) is 13.4. The molecule has 1 aromatic heterocycles. The Morgan fingerprint density at radius 3 is 2.94 bits per heavy atom. The standard InChI is InChI=1S/C13H22N2OS/c16-9-4-10-17-11-12-7-8-15(14-12)13-5-2-1-3-6-13/h7-8,13,16H,1-6,9-11H2. The number of nitrogens with zero attached hydrogens (tertiary/aromatic N) is 2. The summed E-state index contributed by atoms with van der Waals surface area (Å²) in [6.45, 7) is 0.295. The summed E-state index contributed by atoms with van der Waals surface area (Å²) in [4.78, 5) is 0. The van der Waals surface area contributed by atoms with Crippen LogP contribution in [0.25, 0.3) is 0 Å². The maximum Gasteiger partial charge on any atom is 0.0723 e. The predicted octanol–water partition coefficient (Wildman–Crippen LogP) is 3.00. The Labute approximate surface area is 108 Å². The van der Waals surface area contributed by atoms with Crippen molar-refractivity contribution in [3.63, 3.8) is 0 Å². The highest BCUT2D eigenvalue weighted by Crippen LogP contribution is 2.27. The van der Waals surface area contributed by atoms with Crippen LogP contribution in [0.3, 0.4) is 0 Å². The molecule has 17 heavy (non-hydrogen) atoms. The largest absolute Gasteiger partial charge is 0.396 e. The fourth-order valence-electron chi connectivity index (χ4n) is 2.35. The molecule has 4 heteroatoms. The number of thioether (sulfide) groups is 1. The van der Waals surface area contributed by atoms with E-state index in [0.717, 1.165) is 17.9 Å². The van der Waals surface area contributed by atoms with Gasteiger partial charge in [-0.2, -0.15) is 16.9 Å². The molecule has 1 aromatic rings. The third kappa shape index (κ3) is 4.03. The Kier molecular flexibility index (Phi) is 5.39. The molecule has 0 spiro atoms. The fourth-order valence-corrected chi connectivity index (χ4v) is 3.19. The number of aromatic nitrogens is 2. The van der Waals surface area contributed by atoms with Gasteiger partial charge in [0.25, 0.3) is 0 Å². The summed E-state index contributed by atoms with van der Waals surface area (Å²) in [6, 6.07) is 2.78. The molecule has 0 amide bonds. The smallest absolute Gasteiger partial charge is 0.0723 e. The molecule has 1 N–H and O–H groups in total. The molecular formula is C13H22N2OS. The van der Waals surface area contributed by atoms with E-state index >= 15 is 0 Å². The van der Waals surface area contributed by atoms with Gasteiger partial charge in [0.15, 0.2) is 0 Å². The minimum Gasteiger partial charge on any atom is -0.396 e. The van der Waals surface area contributed by atoms with E-state index in [1.807, 2.05) is 11.8 Å². The highest BCUT2D eigenvalue weighted by atomic mass is 32.2. The molecule has 0 radical (unpaired) electrons. The molecule has 1 aliphatic rings. The third-order valence-electron chi connectivity index (χ3n) is 3.31. The first-order chi connectivity index (χ1) is 8.40. The molecule has 0 atom stereocenters. The molecule has 0 bridgehead atoms. The topological polar surface area (TPSA) is 38.0 Å². The Balaban J connectivity index is 1.78. The summed E-state index contributed by atoms with van der Waals surface area (Å²) in [7, 11) is 0. The van der Waals surface area contributed by atoms with Gasteiger partial charge in [-0.25, -0.2) is 0 Å². The number of hydrogen-bond acceptors (Lipinski definition) is 3. The van der Waals surface area contributed by atoms with Gasteiger partial charge in [-0.3, -0.25) is 4.68 Å². The quantitative estimate of drug-likeness (QED) is 0.793. The number of aliphatic hydroxyl groups excluding tert-OH is 1. The Morgan fingerprint density at radius 1 is 1.35 bits per heavy atom. The van der Waals surface area contributed by atoms with Gasteiger partial charge in [-0.05, 0) is 31.1 Å². The molecule has 1 aliphatic carbocycles. The molecule has 1 fully saturated rings. The first kappa shape index (κ1) is 13.0. The second kappa shape index (κ2) is 7.07. The number of rotatable bonds is 6. The number of hydrogen-bond donors (Lipinski definition) is 1. The normalized spacial score (nSPS) is 17.5. The van der Waals surface area contributed by atoms with Crippen LogP contribution in [-0.4, -0.2) is 27.2 Å². The lowest BCUT2D eigenvalue weighted by Gasteiger charge is -2.21. The zero-order valence-corrected chi connectivity index (χ0v) is 11.2. The second-order valence-corrected chi connectivity index (χ2v) is 5.81. The van der Waals surface area contributed by atoms with Crippen LogP contribution in [0.4, 0.5) is 0 Å². The lowest BCUT2D eigenvalue weighted by molar-refractivity contribution is 0.296. The van der Waals surface area contributed by atoms with Crippen LogP contribution in [0.15, 0.2) is 12.3 Å². The molecule has 96 valence electrons. The van der Waals surface area contributed by atoms with Crippen molar-refractivity contribution in [3.05, 3.63) is 18.0 Å². The molecule has 0 aliphatic heterocycles. The van der Waals surface area contributed by atoms with E-state index in [9.17, 15) is 0 Å². The van der Waals surface area contributed by atoms with Crippen LogP contribution in [0, 0.1) is 0 Å². The van der Waals surface area contributed by atoms with Gasteiger partial charge in [0.1, 0.15) is 0 Å². The van der Waals surface area contributed by atoms with E-state index in [1.165, 1.54) is 37.8 Å². The zero-order chi connectivity index (χ0) is 11.9. The highest BCUT2D eigenvalue weighted by molar-refractivity contribution is 7.98. The summed E-state index contributed by atoms with van der Waals surface area (Å²) >= 11 is 1.86. The molecule has 2 rings (SSSR count). The summed E-state index contributed by atoms with van der Waals surface area (Å²) in [5.41, 5.74) is 1.18. The summed E-state index contributed by atoms with van der Waals surface area (Å²) in [6.07, 6.45) is 9.70. The van der Waals surface area contributed by atoms with E-state index in [-0.39, 0.29) is 0 Å². The van der Waals surface area contributed by atoms with E-state index in [4.69, 9.17) is 5.11 Å². The zero-order valence-electron chi connectivity index (χ0n) is 10.3. The van der Waals surface area contributed by atoms with Gasteiger partial charge in [-0.1, -0.05) is 19.3 Å². The van der Waals surface area contributed by atoms with Crippen LogP contribution in [-0.2, 0) is 5.75 Å². The molecule has 1 saturated carbocycles. The van der Waals surface area contributed by atoms with Crippen LogP contribution < -0.4 is 0 Å². The Bertz CT molecular complexity index is 321. The SMILES string of the molecule is OCCCSCc1ccn(C2CCCCC2)n1. The second-order valence-electron chi connectivity index (χ2n) is 4.71. The number of aliphatic hydroxyl groups is 1. The predicted molar refractivity (Wildman–Crippen MR) is 72.2 cm³/mol. The van der Waals surface area contributed by atoms with Gasteiger partial charge >= 0.3 is 0 Å². The van der Waals surface area contributed by atoms with E-state index < -0.39 is 0 Å². The van der Waals surface area contributed by atoms with Crippen molar-refractivity contribution < 1.29 is 5.11 Å². The molecule has 1 heterocycles. The van der Waals surface area contributed by atoms with Crippen molar-refractivity contribution in [2.75, 3.05) is 12.4 Å². The van der Waals surface area contributed by atoms with Crippen molar-refractivity contribution in [2.45, 2.75) is 50.3 Å². The molecule has 0 saturated heterocycles. The van der Waals surface area contributed by atoms with Crippen molar-refractivity contribution in [1.29, 1.82) is 0 Å². The molecular weight excluding hydrogens is 232 g/mol. The summed E-state index contributed by atoms with van der Waals surface area (Å²) in [5.74, 6) is 1.99. The minimum atomic E-state index is 0.295. The van der Waals surface area contributed by atoms with Crippen molar-refractivity contribution in [2.24, 2.45) is 0 Å². The van der Waals surface area contributed by atoms with Gasteiger partial charge < -0.3 is 5.11 Å². The first-order valence-electron chi connectivity index (χ1n) is 6.63. The van der Waals surface area contributed by atoms with Crippen LogP contribution in [0.5, 0.6) is 0 Å². The van der Waals surface area contributed by atoms with Crippen LogP contribution >= 0.6 is 11.8 Å². The Hall–Kier alpha value is -0.480. The van der Waals surface area contributed by atoms with Crippen LogP contribution in [0.1, 0.15) is 50.3 Å². The van der Waals surface area contributed by atoms with Gasteiger partial charge in [0.05, 0.1) is 11.7 Å². The summed E-state index contributed by atoms with van der Waals surface area (Å²) < 4.78 is 2.17. The van der Waals surface area contributed by atoms with Gasteiger partial charge in [0, 0.05) is 18.6 Å². The maximum atomic E-state index is 8.70. The average Bonchev–Trinajstić information content (AvgIpc) is 2.85. The molecule has 0 aromatic carbocycles. The van der Waals surface area contributed by atoms with E-state index in [0.29, 0.717) is 12.6 Å². The Morgan fingerprint density at radius 2 is 2.18 bits per heavy atom. The minimum absolute atomic E-state index is 0.295. The van der Waals surface area contributed by atoms with E-state index in [1.54, 1.807) is 0 Å². The first-order valence-corrected chi connectivity index (χ1v) is 7.78. The lowest BCUT2D eigenvalue weighted by Crippen LogP contribution is -2.13. The van der Waals surface area contributed by atoms with Gasteiger partial charge in [0.2, 0.25) is 0 Å². The monoisotopic (exact) mass is 254 g/mol. The van der Waals surface area contributed by atoms with Crippen molar-refractivity contribution in [1.82, 2.24) is 9.78 Å². The average molecular weight is 254 g/mol. The molecule has 3 nitrogen and oxygen atoms in total. The fraction of sp³-hybridized carbons (Fsp3) is 0.769. The van der Waals surface area contributed by atoms with Gasteiger partial charge in [-0.15, -0.1) is 0 Å². The maximum absolute atomic E-state index is 8.70. The van der Waals surface area contributed by atoms with Crippen molar-refractivity contribution in [3.8, 4) is 0 Å². The highest BCUT2D eigenvalue weighted by Gasteiger charge is 2.15. The lowest BCUT2D eigenvalue weighted by atomic mass is 9.96. The van der Waals surface area contributed by atoms with Crippen molar-refractivity contribution >= 4 is 11.8 Å². The third-order valence-corrected chi connectivity index (χ3v) is 4.39. The molecule has 0 unspecified atom stereocenters. The van der Waals surface area contributed by atoms with E-state index in [2.05, 4.69) is 22.0 Å². The van der Waals surface area contributed by atoms with Crippen LogP contribution in [0.2, 0.25) is 0 Å².